The van der Waals surface area contributed by atoms with Gasteiger partial charge in [0.1, 0.15) is 0 Å². The molecule has 0 aliphatic heterocycles. The van der Waals surface area contributed by atoms with Crippen LogP contribution in [0.15, 0.2) is 29.2 Å². The highest BCUT2D eigenvalue weighted by atomic mass is 32.2. The molecular formula is C23H39N3O4S2. The van der Waals surface area contributed by atoms with Crippen LogP contribution < -0.4 is 14.8 Å². The Morgan fingerprint density at radius 2 is 1.47 bits per heavy atom. The van der Waals surface area contributed by atoms with E-state index in [1.54, 1.807) is 39.0 Å². The van der Waals surface area contributed by atoms with Crippen molar-refractivity contribution in [2.45, 2.75) is 100 Å². The van der Waals surface area contributed by atoms with Crippen molar-refractivity contribution < 1.29 is 16.8 Å². The summed E-state index contributed by atoms with van der Waals surface area (Å²) < 4.78 is 55.2. The van der Waals surface area contributed by atoms with E-state index in [0.717, 1.165) is 63.6 Å². The third kappa shape index (κ3) is 6.92. The van der Waals surface area contributed by atoms with Crippen molar-refractivity contribution in [1.29, 1.82) is 0 Å². The third-order valence-corrected chi connectivity index (χ3v) is 10.4. The van der Waals surface area contributed by atoms with E-state index in [9.17, 15) is 16.8 Å². The molecule has 0 saturated heterocycles. The zero-order chi connectivity index (χ0) is 23.4. The van der Waals surface area contributed by atoms with E-state index in [2.05, 4.69) is 14.8 Å². The Labute approximate surface area is 194 Å². The highest BCUT2D eigenvalue weighted by Crippen LogP contribution is 2.27. The van der Waals surface area contributed by atoms with Gasteiger partial charge in [-0.3, -0.25) is 0 Å². The molecule has 7 nitrogen and oxygen atoms in total. The highest BCUT2D eigenvalue weighted by Gasteiger charge is 2.32. The summed E-state index contributed by atoms with van der Waals surface area (Å²) in [6.45, 7) is 5.88. The second kappa shape index (κ2) is 10.4. The molecule has 32 heavy (non-hydrogen) atoms. The summed E-state index contributed by atoms with van der Waals surface area (Å²) >= 11 is 0. The van der Waals surface area contributed by atoms with E-state index in [1.165, 1.54) is 6.42 Å². The lowest BCUT2D eigenvalue weighted by Gasteiger charge is -2.31. The van der Waals surface area contributed by atoms with Gasteiger partial charge in [-0.2, -0.15) is 0 Å². The quantitative estimate of drug-likeness (QED) is 0.516. The van der Waals surface area contributed by atoms with E-state index >= 15 is 0 Å². The van der Waals surface area contributed by atoms with Crippen LogP contribution in [0.1, 0.15) is 78.6 Å². The van der Waals surface area contributed by atoms with Gasteiger partial charge in [0, 0.05) is 24.3 Å². The molecule has 2 aliphatic rings. The van der Waals surface area contributed by atoms with E-state index in [4.69, 9.17) is 0 Å². The van der Waals surface area contributed by atoms with Crippen LogP contribution >= 0.6 is 0 Å². The Kier molecular flexibility index (Phi) is 8.28. The Morgan fingerprint density at radius 3 is 2.09 bits per heavy atom. The minimum Gasteiger partial charge on any atom is -0.385 e. The molecule has 0 bridgehead atoms. The fourth-order valence-electron chi connectivity index (χ4n) is 4.42. The molecule has 3 rings (SSSR count). The fraction of sp³-hybridized carbons (Fsp3) is 0.739. The summed E-state index contributed by atoms with van der Waals surface area (Å²) in [6, 6.07) is 7.04. The second-order valence-corrected chi connectivity index (χ2v) is 14.5. The van der Waals surface area contributed by atoms with Crippen LogP contribution in [0, 0.1) is 5.92 Å². The first-order chi connectivity index (χ1) is 15.0. The minimum atomic E-state index is -3.52. The monoisotopic (exact) mass is 485 g/mol. The number of sulfonamides is 2. The molecule has 2 aliphatic carbocycles. The maximum absolute atomic E-state index is 12.8. The molecule has 0 atom stereocenters. The normalized spacial score (nSPS) is 23.7. The molecule has 0 unspecified atom stereocenters. The third-order valence-electron chi connectivity index (χ3n) is 6.64. The van der Waals surface area contributed by atoms with Gasteiger partial charge in [0.25, 0.3) is 0 Å². The fourth-order valence-corrected chi connectivity index (χ4v) is 6.80. The Hall–Kier alpha value is -1.16. The van der Waals surface area contributed by atoms with Crippen LogP contribution in [0.5, 0.6) is 0 Å². The molecule has 182 valence electrons. The van der Waals surface area contributed by atoms with Crippen molar-refractivity contribution in [3.8, 4) is 0 Å². The number of benzene rings is 1. The molecule has 0 amide bonds. The van der Waals surface area contributed by atoms with Crippen LogP contribution in [0.2, 0.25) is 0 Å². The number of hydrogen-bond donors (Lipinski definition) is 3. The van der Waals surface area contributed by atoms with E-state index < -0.39 is 24.8 Å². The predicted octanol–water partition coefficient (Wildman–Crippen LogP) is 3.99. The van der Waals surface area contributed by atoms with Crippen molar-refractivity contribution in [1.82, 2.24) is 9.44 Å². The zero-order valence-electron chi connectivity index (χ0n) is 19.6. The first-order valence-electron chi connectivity index (χ1n) is 11.8. The Morgan fingerprint density at radius 1 is 0.844 bits per heavy atom. The van der Waals surface area contributed by atoms with Gasteiger partial charge in [-0.1, -0.05) is 25.3 Å². The largest absolute Gasteiger partial charge is 0.385 e. The molecule has 9 heteroatoms. The highest BCUT2D eigenvalue weighted by molar-refractivity contribution is 7.90. The molecule has 3 N–H and O–H groups in total. The molecule has 2 fully saturated rings. The molecule has 0 spiro atoms. The lowest BCUT2D eigenvalue weighted by molar-refractivity contribution is 0.322. The van der Waals surface area contributed by atoms with Crippen LogP contribution in [0.4, 0.5) is 5.69 Å². The molecule has 2 saturated carbocycles. The smallest absolute Gasteiger partial charge is 0.240 e. The van der Waals surface area contributed by atoms with Crippen molar-refractivity contribution in [2.24, 2.45) is 5.92 Å². The van der Waals surface area contributed by atoms with Crippen molar-refractivity contribution in [3.05, 3.63) is 24.3 Å². The summed E-state index contributed by atoms with van der Waals surface area (Å²) in [6.07, 6.45) is 8.67. The van der Waals surface area contributed by atoms with Crippen molar-refractivity contribution in [2.75, 3.05) is 11.9 Å². The van der Waals surface area contributed by atoms with Crippen LogP contribution in [-0.4, -0.2) is 40.2 Å². The van der Waals surface area contributed by atoms with Gasteiger partial charge >= 0.3 is 0 Å². The summed E-state index contributed by atoms with van der Waals surface area (Å²) in [7, 11) is -6.85. The second-order valence-electron chi connectivity index (χ2n) is 10.3. The van der Waals surface area contributed by atoms with Crippen molar-refractivity contribution >= 4 is 25.7 Å². The van der Waals surface area contributed by atoms with E-state index in [1.807, 2.05) is 6.07 Å². The summed E-state index contributed by atoms with van der Waals surface area (Å²) in [5.41, 5.74) is 0.798. The maximum Gasteiger partial charge on any atom is 0.240 e. The average molecular weight is 486 g/mol. The first-order valence-corrected chi connectivity index (χ1v) is 14.8. The van der Waals surface area contributed by atoms with Crippen LogP contribution in [0.25, 0.3) is 0 Å². The summed E-state index contributed by atoms with van der Waals surface area (Å²) in [4.78, 5) is 0.299. The first kappa shape index (κ1) is 25.5. The summed E-state index contributed by atoms with van der Waals surface area (Å²) in [5, 5.41) is 3.39. The Balaban J connectivity index is 1.50. The van der Waals surface area contributed by atoms with E-state index in [-0.39, 0.29) is 12.1 Å². The molecule has 0 aromatic heterocycles. The van der Waals surface area contributed by atoms with Gasteiger partial charge in [0.2, 0.25) is 20.0 Å². The zero-order valence-corrected chi connectivity index (χ0v) is 21.2. The van der Waals surface area contributed by atoms with Gasteiger partial charge in [0.05, 0.1) is 9.64 Å². The molecule has 0 radical (unpaired) electrons. The minimum absolute atomic E-state index is 0.00481. The lowest BCUT2D eigenvalue weighted by Crippen LogP contribution is -2.46. The van der Waals surface area contributed by atoms with Crippen LogP contribution in [0.3, 0.4) is 0 Å². The SMILES string of the molecule is CC(C)(C)S(=O)(=O)N[C@H]1CC[C@H](CNc2cccc(S(=O)(=O)NC3CCCCC3)c2)CC1. The lowest BCUT2D eigenvalue weighted by atomic mass is 9.86. The summed E-state index contributed by atoms with van der Waals surface area (Å²) in [5.74, 6) is 0.436. The number of anilines is 1. The van der Waals surface area contributed by atoms with Gasteiger partial charge in [-0.05, 0) is 83.4 Å². The molecule has 1 aromatic rings. The molecule has 0 heterocycles. The van der Waals surface area contributed by atoms with Crippen LogP contribution in [-0.2, 0) is 20.0 Å². The topological polar surface area (TPSA) is 104 Å². The molecular weight excluding hydrogens is 446 g/mol. The number of nitrogens with one attached hydrogen (secondary N) is 3. The maximum atomic E-state index is 12.8. The predicted molar refractivity (Wildman–Crippen MR) is 130 cm³/mol. The van der Waals surface area contributed by atoms with E-state index in [0.29, 0.717) is 10.8 Å². The van der Waals surface area contributed by atoms with Gasteiger partial charge in [-0.25, -0.2) is 26.3 Å². The number of hydrogen-bond acceptors (Lipinski definition) is 5. The van der Waals surface area contributed by atoms with Gasteiger partial charge in [-0.15, -0.1) is 0 Å². The van der Waals surface area contributed by atoms with Crippen molar-refractivity contribution in [3.63, 3.8) is 0 Å². The standard InChI is InChI=1S/C23H39N3O4S2/c1-23(2,3)32(29,30)26-20-14-12-18(13-15-20)17-24-21-10-7-11-22(16-21)31(27,28)25-19-8-5-4-6-9-19/h7,10-11,16,18-20,24-26H,4-6,8-9,12-15,17H2,1-3H3/t18-,20-. The molecule has 1 aromatic carbocycles. The van der Waals surface area contributed by atoms with Gasteiger partial charge in [0.15, 0.2) is 0 Å². The number of rotatable bonds is 8. The Bertz CT molecular complexity index is 957. The van der Waals surface area contributed by atoms with Gasteiger partial charge < -0.3 is 5.32 Å². The average Bonchev–Trinajstić information content (AvgIpc) is 2.73.